The van der Waals surface area contributed by atoms with E-state index in [1.807, 2.05) is 29.1 Å². The number of hydrogen-bond acceptors (Lipinski definition) is 3. The molecule has 0 aliphatic rings. The molecule has 3 nitrogen and oxygen atoms in total. The van der Waals surface area contributed by atoms with Crippen molar-refractivity contribution >= 4 is 27.3 Å². The molecule has 0 N–H and O–H groups in total. The zero-order valence-corrected chi connectivity index (χ0v) is 12.8. The van der Waals surface area contributed by atoms with Crippen molar-refractivity contribution in [3.63, 3.8) is 0 Å². The van der Waals surface area contributed by atoms with Gasteiger partial charge in [0.25, 0.3) is 0 Å². The van der Waals surface area contributed by atoms with Crippen LogP contribution in [-0.4, -0.2) is 14.8 Å². The summed E-state index contributed by atoms with van der Waals surface area (Å²) in [5.41, 5.74) is 2.25. The molecule has 0 fully saturated rings. The molecule has 0 atom stereocenters. The second-order valence-corrected chi connectivity index (χ2v) is 6.25. The Balaban J connectivity index is 1.90. The molecule has 3 aromatic rings. The molecule has 2 aromatic heterocycles. The van der Waals surface area contributed by atoms with Crippen molar-refractivity contribution in [2.24, 2.45) is 0 Å². The van der Waals surface area contributed by atoms with Crippen LogP contribution >= 0.6 is 27.3 Å². The summed E-state index contributed by atoms with van der Waals surface area (Å²) in [7, 11) is 0. The van der Waals surface area contributed by atoms with Crippen molar-refractivity contribution in [1.29, 1.82) is 0 Å². The lowest BCUT2D eigenvalue weighted by Gasteiger charge is -1.98. The third-order valence-electron chi connectivity index (χ3n) is 2.82. The standard InChI is InChI=1S/C14H12BrN3S/c1-10-13(9-18-8-12(15)7-16-18)19-14(17-10)11-5-3-2-4-6-11/h2-8H,9H2,1H3. The molecule has 0 unspecified atom stereocenters. The van der Waals surface area contributed by atoms with Gasteiger partial charge in [-0.2, -0.15) is 5.10 Å². The number of aryl methyl sites for hydroxylation is 1. The van der Waals surface area contributed by atoms with Crippen LogP contribution < -0.4 is 0 Å². The van der Waals surface area contributed by atoms with Gasteiger partial charge in [-0.05, 0) is 22.9 Å². The lowest BCUT2D eigenvalue weighted by molar-refractivity contribution is 0.690. The van der Waals surface area contributed by atoms with Crippen molar-refractivity contribution in [1.82, 2.24) is 14.8 Å². The van der Waals surface area contributed by atoms with Gasteiger partial charge in [0.15, 0.2) is 0 Å². The average Bonchev–Trinajstić information content (AvgIpc) is 2.98. The number of aromatic nitrogens is 3. The van der Waals surface area contributed by atoms with Gasteiger partial charge in [-0.1, -0.05) is 30.3 Å². The molecule has 0 bridgehead atoms. The molecule has 0 saturated carbocycles. The Morgan fingerprint density at radius 3 is 2.74 bits per heavy atom. The second kappa shape index (κ2) is 5.27. The molecule has 0 radical (unpaired) electrons. The van der Waals surface area contributed by atoms with Gasteiger partial charge in [0.05, 0.1) is 22.9 Å². The van der Waals surface area contributed by atoms with Crippen LogP contribution in [0, 0.1) is 6.92 Å². The van der Waals surface area contributed by atoms with Crippen molar-refractivity contribution in [3.05, 3.63) is 57.8 Å². The SMILES string of the molecule is Cc1nc(-c2ccccc2)sc1Cn1cc(Br)cn1. The fourth-order valence-electron chi connectivity index (χ4n) is 1.85. The third kappa shape index (κ3) is 2.77. The van der Waals surface area contributed by atoms with E-state index >= 15 is 0 Å². The molecule has 19 heavy (non-hydrogen) atoms. The molecule has 0 saturated heterocycles. The first-order chi connectivity index (χ1) is 9.22. The molecule has 0 aliphatic carbocycles. The van der Waals surface area contributed by atoms with Crippen molar-refractivity contribution in [3.8, 4) is 10.6 Å². The number of benzene rings is 1. The summed E-state index contributed by atoms with van der Waals surface area (Å²) in [6, 6.07) is 10.3. The Morgan fingerprint density at radius 2 is 2.05 bits per heavy atom. The minimum Gasteiger partial charge on any atom is -0.266 e. The molecule has 0 aliphatic heterocycles. The molecule has 3 rings (SSSR count). The smallest absolute Gasteiger partial charge is 0.123 e. The van der Waals surface area contributed by atoms with E-state index in [1.165, 1.54) is 10.4 Å². The quantitative estimate of drug-likeness (QED) is 0.721. The van der Waals surface area contributed by atoms with Gasteiger partial charge < -0.3 is 0 Å². The molecular formula is C14H12BrN3S. The van der Waals surface area contributed by atoms with E-state index in [4.69, 9.17) is 0 Å². The highest BCUT2D eigenvalue weighted by Gasteiger charge is 2.10. The van der Waals surface area contributed by atoms with E-state index < -0.39 is 0 Å². The zero-order valence-electron chi connectivity index (χ0n) is 10.4. The molecular weight excluding hydrogens is 322 g/mol. The molecule has 0 amide bonds. The van der Waals surface area contributed by atoms with Gasteiger partial charge in [0.2, 0.25) is 0 Å². The van der Waals surface area contributed by atoms with E-state index in [-0.39, 0.29) is 0 Å². The zero-order chi connectivity index (χ0) is 13.2. The van der Waals surface area contributed by atoms with Gasteiger partial charge in [0, 0.05) is 16.6 Å². The van der Waals surface area contributed by atoms with E-state index in [0.717, 1.165) is 21.7 Å². The lowest BCUT2D eigenvalue weighted by atomic mass is 10.2. The third-order valence-corrected chi connectivity index (χ3v) is 4.42. The number of rotatable bonds is 3. The van der Waals surface area contributed by atoms with E-state index in [9.17, 15) is 0 Å². The fraction of sp³-hybridized carbons (Fsp3) is 0.143. The predicted octanol–water partition coefficient (Wildman–Crippen LogP) is 4.13. The van der Waals surface area contributed by atoms with E-state index in [2.05, 4.69) is 45.1 Å². The van der Waals surface area contributed by atoms with Crippen LogP contribution in [0.4, 0.5) is 0 Å². The summed E-state index contributed by atoms with van der Waals surface area (Å²) in [5, 5.41) is 5.35. The van der Waals surface area contributed by atoms with E-state index in [1.54, 1.807) is 17.5 Å². The van der Waals surface area contributed by atoms with Crippen LogP contribution in [0.5, 0.6) is 0 Å². The van der Waals surface area contributed by atoms with Crippen LogP contribution in [0.15, 0.2) is 47.2 Å². The van der Waals surface area contributed by atoms with Crippen LogP contribution in [0.25, 0.3) is 10.6 Å². The first-order valence-corrected chi connectivity index (χ1v) is 7.53. The molecule has 5 heteroatoms. The topological polar surface area (TPSA) is 30.7 Å². The van der Waals surface area contributed by atoms with Gasteiger partial charge in [-0.15, -0.1) is 11.3 Å². The normalized spacial score (nSPS) is 10.8. The Labute approximate surface area is 124 Å². The van der Waals surface area contributed by atoms with Crippen LogP contribution in [0.3, 0.4) is 0 Å². The molecule has 2 heterocycles. The van der Waals surface area contributed by atoms with Gasteiger partial charge in [0.1, 0.15) is 5.01 Å². The lowest BCUT2D eigenvalue weighted by Crippen LogP contribution is -1.99. The van der Waals surface area contributed by atoms with Crippen molar-refractivity contribution in [2.45, 2.75) is 13.5 Å². The highest BCUT2D eigenvalue weighted by molar-refractivity contribution is 9.10. The summed E-state index contributed by atoms with van der Waals surface area (Å²) >= 11 is 5.14. The highest BCUT2D eigenvalue weighted by atomic mass is 79.9. The maximum Gasteiger partial charge on any atom is 0.123 e. The first-order valence-electron chi connectivity index (χ1n) is 5.92. The fourth-order valence-corrected chi connectivity index (χ4v) is 3.24. The van der Waals surface area contributed by atoms with Gasteiger partial charge >= 0.3 is 0 Å². The molecule has 96 valence electrons. The van der Waals surface area contributed by atoms with Gasteiger partial charge in [-0.3, -0.25) is 4.68 Å². The summed E-state index contributed by atoms with van der Waals surface area (Å²) in [6.45, 7) is 2.82. The summed E-state index contributed by atoms with van der Waals surface area (Å²) < 4.78 is 2.91. The van der Waals surface area contributed by atoms with Crippen LogP contribution in [0.1, 0.15) is 10.6 Å². The van der Waals surface area contributed by atoms with Crippen molar-refractivity contribution < 1.29 is 0 Å². The van der Waals surface area contributed by atoms with Crippen LogP contribution in [-0.2, 0) is 6.54 Å². The second-order valence-electron chi connectivity index (χ2n) is 4.25. The minimum atomic E-state index is 0.766. The molecule has 1 aromatic carbocycles. The highest BCUT2D eigenvalue weighted by Crippen LogP contribution is 2.28. The Morgan fingerprint density at radius 1 is 1.26 bits per heavy atom. The van der Waals surface area contributed by atoms with E-state index in [0.29, 0.717) is 0 Å². The Hall–Kier alpha value is -1.46. The first kappa shape index (κ1) is 12.6. The Kier molecular flexibility index (Phi) is 3.48. The van der Waals surface area contributed by atoms with Gasteiger partial charge in [-0.25, -0.2) is 4.98 Å². The number of nitrogens with zero attached hydrogens (tertiary/aromatic N) is 3. The number of halogens is 1. The Bertz CT molecular complexity index is 688. The summed E-state index contributed by atoms with van der Waals surface area (Å²) in [5.74, 6) is 0. The summed E-state index contributed by atoms with van der Waals surface area (Å²) in [6.07, 6.45) is 3.77. The summed E-state index contributed by atoms with van der Waals surface area (Å²) in [4.78, 5) is 5.89. The number of hydrogen-bond donors (Lipinski definition) is 0. The largest absolute Gasteiger partial charge is 0.266 e. The number of thiazole rings is 1. The van der Waals surface area contributed by atoms with Crippen molar-refractivity contribution in [2.75, 3.05) is 0 Å². The minimum absolute atomic E-state index is 0.766. The maximum absolute atomic E-state index is 4.65. The molecule has 0 spiro atoms. The van der Waals surface area contributed by atoms with Crippen LogP contribution in [0.2, 0.25) is 0 Å². The average molecular weight is 334 g/mol. The maximum atomic E-state index is 4.65. The predicted molar refractivity (Wildman–Crippen MR) is 81.3 cm³/mol. The monoisotopic (exact) mass is 333 g/mol.